The second-order valence-corrected chi connectivity index (χ2v) is 6.74. The minimum Gasteiger partial charge on any atom is -0.463 e. The molecular formula is C18H20BrN5O3. The highest BCUT2D eigenvalue weighted by Crippen LogP contribution is 2.24. The van der Waals surface area contributed by atoms with Crippen LogP contribution in [0.1, 0.15) is 31.0 Å². The largest absolute Gasteiger partial charge is 0.463 e. The maximum Gasteiger partial charge on any atom is 0.255 e. The first-order valence-electron chi connectivity index (χ1n) is 8.63. The van der Waals surface area contributed by atoms with Crippen LogP contribution in [0.5, 0.6) is 0 Å². The molecule has 0 aliphatic carbocycles. The second kappa shape index (κ2) is 8.34. The SMILES string of the molecule is CCc1c(C)nc(-n2nc(-c3ccco3)cc2NC(=O)CCCBr)[nH]c1=O. The lowest BCUT2D eigenvalue weighted by Crippen LogP contribution is -2.21. The Morgan fingerprint density at radius 2 is 2.26 bits per heavy atom. The zero-order valence-electron chi connectivity index (χ0n) is 15.1. The number of hydrogen-bond donors (Lipinski definition) is 2. The van der Waals surface area contributed by atoms with Crippen molar-refractivity contribution in [3.05, 3.63) is 46.1 Å². The molecule has 3 rings (SSSR count). The summed E-state index contributed by atoms with van der Waals surface area (Å²) in [5.41, 5.74) is 1.56. The van der Waals surface area contributed by atoms with Crippen LogP contribution in [-0.2, 0) is 11.2 Å². The second-order valence-electron chi connectivity index (χ2n) is 5.95. The predicted octanol–water partition coefficient (Wildman–Crippen LogP) is 3.20. The first-order chi connectivity index (χ1) is 13.0. The Labute approximate surface area is 164 Å². The van der Waals surface area contributed by atoms with Gasteiger partial charge in [0.1, 0.15) is 11.5 Å². The number of aromatic nitrogens is 4. The van der Waals surface area contributed by atoms with Crippen LogP contribution in [0.25, 0.3) is 17.4 Å². The number of aromatic amines is 1. The lowest BCUT2D eigenvalue weighted by Gasteiger charge is -2.09. The summed E-state index contributed by atoms with van der Waals surface area (Å²) in [6, 6.07) is 5.21. The molecule has 0 fully saturated rings. The molecule has 0 atom stereocenters. The topological polar surface area (TPSA) is 106 Å². The van der Waals surface area contributed by atoms with Crippen molar-refractivity contribution in [2.75, 3.05) is 10.6 Å². The molecule has 27 heavy (non-hydrogen) atoms. The van der Waals surface area contributed by atoms with Crippen molar-refractivity contribution in [2.24, 2.45) is 0 Å². The molecule has 0 radical (unpaired) electrons. The average Bonchev–Trinajstić information content (AvgIpc) is 3.29. The van der Waals surface area contributed by atoms with Crippen molar-refractivity contribution in [3.63, 3.8) is 0 Å². The van der Waals surface area contributed by atoms with Gasteiger partial charge in [-0.2, -0.15) is 9.78 Å². The van der Waals surface area contributed by atoms with Crippen molar-refractivity contribution >= 4 is 27.7 Å². The highest BCUT2D eigenvalue weighted by molar-refractivity contribution is 9.09. The first-order valence-corrected chi connectivity index (χ1v) is 9.75. The summed E-state index contributed by atoms with van der Waals surface area (Å²) in [5, 5.41) is 8.03. The van der Waals surface area contributed by atoms with Gasteiger partial charge in [-0.05, 0) is 31.9 Å². The van der Waals surface area contributed by atoms with Crippen molar-refractivity contribution < 1.29 is 9.21 Å². The van der Waals surface area contributed by atoms with E-state index in [9.17, 15) is 9.59 Å². The lowest BCUT2D eigenvalue weighted by atomic mass is 10.2. The number of nitrogens with zero attached hydrogens (tertiary/aromatic N) is 3. The number of carbonyl (C=O) groups excluding carboxylic acids is 1. The number of carbonyl (C=O) groups is 1. The fourth-order valence-electron chi connectivity index (χ4n) is 2.72. The quantitative estimate of drug-likeness (QED) is 0.556. The lowest BCUT2D eigenvalue weighted by molar-refractivity contribution is -0.116. The molecule has 0 saturated heterocycles. The van der Waals surface area contributed by atoms with Gasteiger partial charge in [0.25, 0.3) is 5.56 Å². The Bertz CT molecular complexity index is 991. The highest BCUT2D eigenvalue weighted by Gasteiger charge is 2.17. The molecule has 0 spiro atoms. The van der Waals surface area contributed by atoms with Crippen molar-refractivity contribution in [1.82, 2.24) is 19.7 Å². The Morgan fingerprint density at radius 3 is 2.89 bits per heavy atom. The number of H-pyrrole nitrogens is 1. The van der Waals surface area contributed by atoms with E-state index in [4.69, 9.17) is 4.42 Å². The summed E-state index contributed by atoms with van der Waals surface area (Å²) >= 11 is 3.31. The van der Waals surface area contributed by atoms with Gasteiger partial charge in [-0.3, -0.25) is 14.6 Å². The van der Waals surface area contributed by atoms with Crippen molar-refractivity contribution in [2.45, 2.75) is 33.1 Å². The van der Waals surface area contributed by atoms with E-state index in [0.29, 0.717) is 47.8 Å². The van der Waals surface area contributed by atoms with E-state index in [1.165, 1.54) is 4.68 Å². The molecule has 1 amide bonds. The van der Waals surface area contributed by atoms with Gasteiger partial charge in [-0.1, -0.05) is 22.9 Å². The zero-order valence-corrected chi connectivity index (χ0v) is 16.7. The molecular weight excluding hydrogens is 414 g/mol. The Hall–Kier alpha value is -2.68. The molecule has 8 nitrogen and oxygen atoms in total. The molecule has 9 heteroatoms. The number of aryl methyl sites for hydroxylation is 1. The monoisotopic (exact) mass is 433 g/mol. The van der Waals surface area contributed by atoms with Gasteiger partial charge >= 0.3 is 0 Å². The number of rotatable bonds is 7. The Kier molecular flexibility index (Phi) is 5.90. The molecule has 3 aromatic rings. The third kappa shape index (κ3) is 4.19. The summed E-state index contributed by atoms with van der Waals surface area (Å²) in [6.07, 6.45) is 3.21. The fraction of sp³-hybridized carbons (Fsp3) is 0.333. The van der Waals surface area contributed by atoms with Gasteiger partial charge in [-0.15, -0.1) is 0 Å². The minimum atomic E-state index is -0.216. The molecule has 3 heterocycles. The molecule has 0 aliphatic rings. The summed E-state index contributed by atoms with van der Waals surface area (Å²) in [7, 11) is 0. The molecule has 0 unspecified atom stereocenters. The number of alkyl halides is 1. The van der Waals surface area contributed by atoms with Crippen LogP contribution in [0.3, 0.4) is 0 Å². The summed E-state index contributed by atoms with van der Waals surface area (Å²) in [6.45, 7) is 3.68. The van der Waals surface area contributed by atoms with Gasteiger partial charge in [0.2, 0.25) is 11.9 Å². The van der Waals surface area contributed by atoms with E-state index in [1.54, 1.807) is 31.4 Å². The number of nitrogens with one attached hydrogen (secondary N) is 2. The number of hydrogen-bond acceptors (Lipinski definition) is 5. The molecule has 0 aliphatic heterocycles. The number of halogens is 1. The molecule has 142 valence electrons. The minimum absolute atomic E-state index is 0.147. The van der Waals surface area contributed by atoms with Crippen LogP contribution >= 0.6 is 15.9 Å². The predicted molar refractivity (Wildman–Crippen MR) is 105 cm³/mol. The summed E-state index contributed by atoms with van der Waals surface area (Å²) in [4.78, 5) is 31.7. The third-order valence-corrected chi connectivity index (χ3v) is 4.61. The maximum absolute atomic E-state index is 12.3. The normalized spacial score (nSPS) is 10.9. The van der Waals surface area contributed by atoms with E-state index in [1.807, 2.05) is 6.92 Å². The van der Waals surface area contributed by atoms with Crippen LogP contribution in [0.2, 0.25) is 0 Å². The Balaban J connectivity index is 2.05. The number of furan rings is 1. The molecule has 0 bridgehead atoms. The van der Waals surface area contributed by atoms with E-state index >= 15 is 0 Å². The molecule has 0 saturated carbocycles. The molecule has 2 N–H and O–H groups in total. The van der Waals surface area contributed by atoms with E-state index in [0.717, 1.165) is 5.33 Å². The molecule has 0 aromatic carbocycles. The van der Waals surface area contributed by atoms with Crippen LogP contribution in [-0.4, -0.2) is 31.0 Å². The van der Waals surface area contributed by atoms with Gasteiger partial charge in [-0.25, -0.2) is 4.98 Å². The van der Waals surface area contributed by atoms with E-state index in [2.05, 4.69) is 36.3 Å². The third-order valence-electron chi connectivity index (χ3n) is 4.05. The van der Waals surface area contributed by atoms with Crippen LogP contribution in [0, 0.1) is 6.92 Å². The van der Waals surface area contributed by atoms with Gasteiger partial charge < -0.3 is 9.73 Å². The first kappa shape index (κ1) is 19.1. The summed E-state index contributed by atoms with van der Waals surface area (Å²) < 4.78 is 6.80. The van der Waals surface area contributed by atoms with Gasteiger partial charge in [0, 0.05) is 29.1 Å². The summed E-state index contributed by atoms with van der Waals surface area (Å²) in [5.74, 6) is 1.05. The van der Waals surface area contributed by atoms with Gasteiger partial charge in [0.15, 0.2) is 5.76 Å². The van der Waals surface area contributed by atoms with Crippen LogP contribution in [0.4, 0.5) is 5.82 Å². The smallest absolute Gasteiger partial charge is 0.255 e. The standard InChI is InChI=1S/C18H20BrN5O3/c1-3-12-11(2)20-18(22-17(12)26)24-15(21-16(25)7-4-8-19)10-13(23-24)14-6-5-9-27-14/h5-6,9-10H,3-4,7-8H2,1-2H3,(H,21,25)(H,20,22,26). The van der Waals surface area contributed by atoms with E-state index in [-0.39, 0.29) is 17.4 Å². The molecule has 3 aromatic heterocycles. The number of amides is 1. The maximum atomic E-state index is 12.3. The average molecular weight is 434 g/mol. The van der Waals surface area contributed by atoms with Crippen molar-refractivity contribution in [3.8, 4) is 17.4 Å². The zero-order chi connectivity index (χ0) is 19.4. The highest BCUT2D eigenvalue weighted by atomic mass is 79.9. The number of anilines is 1. The van der Waals surface area contributed by atoms with Crippen LogP contribution < -0.4 is 10.9 Å². The van der Waals surface area contributed by atoms with Crippen molar-refractivity contribution in [1.29, 1.82) is 0 Å². The van der Waals surface area contributed by atoms with Crippen LogP contribution in [0.15, 0.2) is 33.7 Å². The van der Waals surface area contributed by atoms with E-state index < -0.39 is 0 Å². The Morgan fingerprint density at radius 1 is 1.44 bits per heavy atom. The fourth-order valence-corrected chi connectivity index (χ4v) is 3.00. The van der Waals surface area contributed by atoms with Gasteiger partial charge in [0.05, 0.1) is 6.26 Å².